The van der Waals surface area contributed by atoms with Crippen LogP contribution in [0.3, 0.4) is 0 Å². The minimum Gasteiger partial charge on any atom is -0.397 e. The molecule has 34 heavy (non-hydrogen) atoms. The Morgan fingerprint density at radius 2 is 2.09 bits per heavy atom. The van der Waals surface area contributed by atoms with Crippen LogP contribution < -0.4 is 21.7 Å². The molecular formula is C23H28FN7O2S. The molecule has 180 valence electrons. The highest BCUT2D eigenvalue weighted by Crippen LogP contribution is 2.34. The first-order valence-electron chi connectivity index (χ1n) is 11.3. The number of hydrogen-bond donors (Lipinski definition) is 3. The third kappa shape index (κ3) is 3.97. The lowest BCUT2D eigenvalue weighted by Crippen LogP contribution is -2.39. The number of carbonyl (C=O) groups is 1. The molecule has 1 aliphatic carbocycles. The second kappa shape index (κ2) is 8.71. The molecule has 9 nitrogen and oxygen atoms in total. The van der Waals surface area contributed by atoms with E-state index in [4.69, 9.17) is 21.2 Å². The van der Waals surface area contributed by atoms with Crippen molar-refractivity contribution in [3.63, 3.8) is 0 Å². The summed E-state index contributed by atoms with van der Waals surface area (Å²) in [7, 11) is 1.63. The number of pyridine rings is 1. The SMILES string of the molecule is COC1CN(c2cc(F)c3c(n2)CCC(NC(=O)c2sc4nc(C)nc(C)c4c2N)C3)CC1N. The van der Waals surface area contributed by atoms with Crippen molar-refractivity contribution in [3.05, 3.63) is 39.5 Å². The highest BCUT2D eigenvalue weighted by molar-refractivity contribution is 7.21. The number of aromatic nitrogens is 3. The number of thiophene rings is 1. The fraction of sp³-hybridized carbons (Fsp3) is 0.478. The standard InChI is InChI=1S/C23H28FN7O2S/c1-10-19-20(26)21(34-23(19)28-11(2)27-10)22(32)29-12-4-5-16-13(6-12)14(24)7-18(30-16)31-8-15(25)17(9-31)33-3/h7,12,15,17H,4-6,8-9,25-26H2,1-3H3,(H,29,32). The van der Waals surface area contributed by atoms with Crippen molar-refractivity contribution in [1.82, 2.24) is 20.3 Å². The van der Waals surface area contributed by atoms with Crippen LogP contribution in [-0.4, -0.2) is 59.2 Å². The molecule has 0 radical (unpaired) electrons. The summed E-state index contributed by atoms with van der Waals surface area (Å²) >= 11 is 1.26. The van der Waals surface area contributed by atoms with Crippen LogP contribution in [0.2, 0.25) is 0 Å². The van der Waals surface area contributed by atoms with E-state index in [-0.39, 0.29) is 29.9 Å². The predicted molar refractivity (Wildman–Crippen MR) is 130 cm³/mol. The number of halogens is 1. The Kier molecular flexibility index (Phi) is 5.86. The number of aryl methyl sites for hydroxylation is 3. The maximum absolute atomic E-state index is 15.1. The minimum atomic E-state index is -0.309. The molecule has 0 saturated carbocycles. The number of anilines is 2. The molecule has 1 aliphatic heterocycles. The number of amides is 1. The first-order chi connectivity index (χ1) is 16.2. The van der Waals surface area contributed by atoms with Gasteiger partial charge in [-0.25, -0.2) is 19.3 Å². The topological polar surface area (TPSA) is 132 Å². The first-order valence-corrected chi connectivity index (χ1v) is 12.1. The monoisotopic (exact) mass is 485 g/mol. The number of nitrogens with one attached hydrogen (secondary N) is 1. The zero-order valence-corrected chi connectivity index (χ0v) is 20.2. The molecule has 5 rings (SSSR count). The van der Waals surface area contributed by atoms with Crippen LogP contribution in [0.25, 0.3) is 10.2 Å². The average molecular weight is 486 g/mol. The molecule has 0 aromatic carbocycles. The summed E-state index contributed by atoms with van der Waals surface area (Å²) in [6, 6.07) is 1.12. The lowest BCUT2D eigenvalue weighted by molar-refractivity contribution is 0.0938. The quantitative estimate of drug-likeness (QED) is 0.510. The number of fused-ring (bicyclic) bond motifs is 2. The van der Waals surface area contributed by atoms with Gasteiger partial charge in [0.2, 0.25) is 0 Å². The number of nitrogen functional groups attached to an aromatic ring is 1. The maximum Gasteiger partial charge on any atom is 0.263 e. The number of ether oxygens (including phenoxy) is 1. The summed E-state index contributed by atoms with van der Waals surface area (Å²) in [5.74, 6) is 0.639. The normalized spacial score (nSPS) is 22.3. The lowest BCUT2D eigenvalue weighted by atomic mass is 9.91. The van der Waals surface area contributed by atoms with Crippen LogP contribution in [0.1, 0.15) is 38.9 Å². The van der Waals surface area contributed by atoms with E-state index in [1.807, 2.05) is 18.7 Å². The van der Waals surface area contributed by atoms with Crippen LogP contribution in [0.5, 0.6) is 0 Å². The highest BCUT2D eigenvalue weighted by Gasteiger charge is 2.33. The van der Waals surface area contributed by atoms with Crippen molar-refractivity contribution >= 4 is 39.0 Å². The van der Waals surface area contributed by atoms with Gasteiger partial charge in [-0.3, -0.25) is 4.79 Å². The molecule has 4 heterocycles. The van der Waals surface area contributed by atoms with Gasteiger partial charge < -0.3 is 26.4 Å². The van der Waals surface area contributed by atoms with E-state index in [0.717, 1.165) is 16.8 Å². The van der Waals surface area contributed by atoms with Crippen molar-refractivity contribution < 1.29 is 13.9 Å². The summed E-state index contributed by atoms with van der Waals surface area (Å²) in [4.78, 5) is 29.6. The van der Waals surface area contributed by atoms with Crippen molar-refractivity contribution in [2.75, 3.05) is 30.8 Å². The van der Waals surface area contributed by atoms with E-state index in [1.165, 1.54) is 17.4 Å². The smallest absolute Gasteiger partial charge is 0.263 e. The largest absolute Gasteiger partial charge is 0.397 e. The van der Waals surface area contributed by atoms with Crippen molar-refractivity contribution in [1.29, 1.82) is 0 Å². The Balaban J connectivity index is 1.33. The van der Waals surface area contributed by atoms with Gasteiger partial charge in [0.15, 0.2) is 0 Å². The number of nitrogens with zero attached hydrogens (tertiary/aromatic N) is 4. The first kappa shape index (κ1) is 22.9. The van der Waals surface area contributed by atoms with E-state index in [2.05, 4.69) is 15.3 Å². The zero-order valence-electron chi connectivity index (χ0n) is 19.4. The molecule has 11 heteroatoms. The molecule has 3 aromatic rings. The molecule has 5 N–H and O–H groups in total. The van der Waals surface area contributed by atoms with Crippen LogP contribution in [0.15, 0.2) is 6.07 Å². The fourth-order valence-corrected chi connectivity index (χ4v) is 6.02. The van der Waals surface area contributed by atoms with E-state index in [1.54, 1.807) is 7.11 Å². The van der Waals surface area contributed by atoms with Gasteiger partial charge in [-0.05, 0) is 33.1 Å². The molecule has 1 fully saturated rings. The van der Waals surface area contributed by atoms with Gasteiger partial charge in [0, 0.05) is 43.6 Å². The molecule has 1 amide bonds. The minimum absolute atomic E-state index is 0.0968. The van der Waals surface area contributed by atoms with E-state index >= 15 is 4.39 Å². The van der Waals surface area contributed by atoms with Gasteiger partial charge in [0.05, 0.1) is 28.9 Å². The second-order valence-corrected chi connectivity index (χ2v) is 10.0. The van der Waals surface area contributed by atoms with E-state index in [9.17, 15) is 4.79 Å². The summed E-state index contributed by atoms with van der Waals surface area (Å²) in [5, 5.41) is 3.75. The molecule has 2 aliphatic rings. The highest BCUT2D eigenvalue weighted by atomic mass is 32.1. The summed E-state index contributed by atoms with van der Waals surface area (Å²) in [5.41, 5.74) is 14.8. The van der Waals surface area contributed by atoms with Crippen LogP contribution in [0, 0.1) is 19.7 Å². The molecule has 3 atom stereocenters. The van der Waals surface area contributed by atoms with Gasteiger partial charge in [0.25, 0.3) is 5.91 Å². The number of hydrogen-bond acceptors (Lipinski definition) is 9. The van der Waals surface area contributed by atoms with Gasteiger partial charge in [-0.2, -0.15) is 0 Å². The number of nitrogens with two attached hydrogens (primary N) is 2. The Bertz CT molecular complexity index is 1280. The average Bonchev–Trinajstić information content (AvgIpc) is 3.33. The predicted octanol–water partition coefficient (Wildman–Crippen LogP) is 1.87. The van der Waals surface area contributed by atoms with E-state index in [0.29, 0.717) is 65.0 Å². The van der Waals surface area contributed by atoms with Crippen LogP contribution >= 0.6 is 11.3 Å². The Morgan fingerprint density at radius 3 is 2.82 bits per heavy atom. The molecule has 0 spiro atoms. The van der Waals surface area contributed by atoms with Crippen LogP contribution in [0.4, 0.5) is 15.9 Å². The van der Waals surface area contributed by atoms with Crippen molar-refractivity contribution in [2.45, 2.75) is 51.3 Å². The van der Waals surface area contributed by atoms with Crippen molar-refractivity contribution in [3.8, 4) is 0 Å². The number of rotatable bonds is 4. The third-order valence-electron chi connectivity index (χ3n) is 6.68. The molecule has 1 saturated heterocycles. The number of methoxy groups -OCH3 is 1. The second-order valence-electron chi connectivity index (χ2n) is 9.02. The molecule has 3 unspecified atom stereocenters. The van der Waals surface area contributed by atoms with Gasteiger partial charge >= 0.3 is 0 Å². The van der Waals surface area contributed by atoms with Crippen molar-refractivity contribution in [2.24, 2.45) is 5.73 Å². The summed E-state index contributed by atoms with van der Waals surface area (Å²) < 4.78 is 20.5. The summed E-state index contributed by atoms with van der Waals surface area (Å²) in [6.45, 7) is 4.82. The Hall–Kier alpha value is -2.89. The maximum atomic E-state index is 15.1. The van der Waals surface area contributed by atoms with Gasteiger partial charge in [-0.1, -0.05) is 0 Å². The summed E-state index contributed by atoms with van der Waals surface area (Å²) in [6.07, 6.45) is 1.52. The molecular weight excluding hydrogens is 457 g/mol. The molecule has 0 bridgehead atoms. The Labute approximate surface area is 200 Å². The molecule has 3 aromatic heterocycles. The fourth-order valence-electron chi connectivity index (χ4n) is 4.93. The zero-order chi connectivity index (χ0) is 24.1. The lowest BCUT2D eigenvalue weighted by Gasteiger charge is -2.27. The van der Waals surface area contributed by atoms with Gasteiger partial charge in [0.1, 0.15) is 27.2 Å². The van der Waals surface area contributed by atoms with Crippen LogP contribution in [-0.2, 0) is 17.6 Å². The Morgan fingerprint density at radius 1 is 1.29 bits per heavy atom. The van der Waals surface area contributed by atoms with E-state index < -0.39 is 0 Å². The van der Waals surface area contributed by atoms with Gasteiger partial charge in [-0.15, -0.1) is 11.3 Å². The third-order valence-corrected chi connectivity index (χ3v) is 7.78. The number of carbonyl (C=O) groups excluding carboxylic acids is 1.